The van der Waals surface area contributed by atoms with Gasteiger partial charge in [-0.25, -0.2) is 4.98 Å². The summed E-state index contributed by atoms with van der Waals surface area (Å²) in [6.45, 7) is 1.42. The highest BCUT2D eigenvalue weighted by Gasteiger charge is 2.14. The van der Waals surface area contributed by atoms with Crippen LogP contribution >= 0.6 is 0 Å². The number of hydrogen-bond acceptors (Lipinski definition) is 6. The number of nitrogens with one attached hydrogen (secondary N) is 1. The van der Waals surface area contributed by atoms with Gasteiger partial charge in [-0.05, 0) is 35.9 Å². The van der Waals surface area contributed by atoms with Crippen molar-refractivity contribution in [3.8, 4) is 28.5 Å². The molecule has 3 rings (SSSR count). The molecule has 2 aromatic carbocycles. The highest BCUT2D eigenvalue weighted by molar-refractivity contribution is 5.89. The number of nitrogens with two attached hydrogens (primary N) is 1. The molecule has 0 radical (unpaired) electrons. The fourth-order valence-corrected chi connectivity index (χ4v) is 2.75. The van der Waals surface area contributed by atoms with Crippen LogP contribution in [0.1, 0.15) is 12.5 Å². The number of rotatable bonds is 4. The van der Waals surface area contributed by atoms with Gasteiger partial charge in [0.2, 0.25) is 5.91 Å². The van der Waals surface area contributed by atoms with Crippen molar-refractivity contribution in [1.29, 1.82) is 5.26 Å². The number of anilines is 2. The number of nitro groups is 1. The lowest BCUT2D eigenvalue weighted by atomic mass is 9.98. The number of hydrogen-bond donors (Lipinski definition) is 2. The quantitative estimate of drug-likeness (QED) is 0.528. The third kappa shape index (κ3) is 3.78. The Morgan fingerprint density at radius 1 is 1.14 bits per heavy atom. The van der Waals surface area contributed by atoms with Gasteiger partial charge in [-0.1, -0.05) is 12.1 Å². The number of nitriles is 1. The van der Waals surface area contributed by atoms with E-state index in [2.05, 4.69) is 16.4 Å². The van der Waals surface area contributed by atoms with Crippen molar-refractivity contribution in [3.05, 3.63) is 70.3 Å². The van der Waals surface area contributed by atoms with Crippen LogP contribution in [0.3, 0.4) is 0 Å². The van der Waals surface area contributed by atoms with Crippen molar-refractivity contribution in [1.82, 2.24) is 4.98 Å². The summed E-state index contributed by atoms with van der Waals surface area (Å²) in [4.78, 5) is 25.8. The van der Waals surface area contributed by atoms with Crippen LogP contribution in [0.2, 0.25) is 0 Å². The van der Waals surface area contributed by atoms with Crippen LogP contribution < -0.4 is 11.1 Å². The number of pyridine rings is 1. The minimum absolute atomic E-state index is 0.0286. The van der Waals surface area contributed by atoms with E-state index in [-0.39, 0.29) is 23.0 Å². The second-order valence-electron chi connectivity index (χ2n) is 5.99. The molecule has 1 aromatic heterocycles. The number of benzene rings is 2. The summed E-state index contributed by atoms with van der Waals surface area (Å²) in [6.07, 6.45) is 0. The van der Waals surface area contributed by atoms with Gasteiger partial charge < -0.3 is 11.1 Å². The molecule has 3 aromatic rings. The van der Waals surface area contributed by atoms with Crippen molar-refractivity contribution < 1.29 is 9.72 Å². The number of non-ortho nitro benzene ring substituents is 1. The zero-order valence-electron chi connectivity index (χ0n) is 14.8. The van der Waals surface area contributed by atoms with E-state index in [1.54, 1.807) is 42.5 Å². The molecule has 0 unspecified atom stereocenters. The standard InChI is InChI=1S/C20H15N5O3/c1-12(26)23-15-6-2-13(3-7-15)17-10-19(24-20(22)18(17)11-21)14-4-8-16(9-5-14)25(27)28/h2-10H,1H3,(H2,22,24)(H,23,26). The molecular weight excluding hydrogens is 358 g/mol. The van der Waals surface area contributed by atoms with Crippen LogP contribution in [0.4, 0.5) is 17.2 Å². The lowest BCUT2D eigenvalue weighted by Gasteiger charge is -2.11. The number of amides is 1. The van der Waals surface area contributed by atoms with Gasteiger partial charge in [-0.3, -0.25) is 14.9 Å². The predicted octanol–water partition coefficient (Wildman–Crippen LogP) is 3.74. The Labute approximate surface area is 160 Å². The van der Waals surface area contributed by atoms with E-state index in [9.17, 15) is 20.2 Å². The fraction of sp³-hybridized carbons (Fsp3) is 0.0500. The van der Waals surface area contributed by atoms with Crippen LogP contribution in [0.5, 0.6) is 0 Å². The normalized spacial score (nSPS) is 10.1. The summed E-state index contributed by atoms with van der Waals surface area (Å²) in [7, 11) is 0. The van der Waals surface area contributed by atoms with E-state index < -0.39 is 4.92 Å². The molecule has 0 aliphatic rings. The van der Waals surface area contributed by atoms with Crippen molar-refractivity contribution in [3.63, 3.8) is 0 Å². The number of nitrogens with zero attached hydrogens (tertiary/aromatic N) is 3. The van der Waals surface area contributed by atoms with Gasteiger partial charge >= 0.3 is 0 Å². The van der Waals surface area contributed by atoms with Gasteiger partial charge in [0.15, 0.2) is 0 Å². The minimum atomic E-state index is -0.480. The smallest absolute Gasteiger partial charge is 0.269 e. The summed E-state index contributed by atoms with van der Waals surface area (Å²) >= 11 is 0. The summed E-state index contributed by atoms with van der Waals surface area (Å²) in [5.41, 5.74) is 9.26. The van der Waals surface area contributed by atoms with E-state index in [0.717, 1.165) is 5.56 Å². The van der Waals surface area contributed by atoms with Gasteiger partial charge in [-0.2, -0.15) is 5.26 Å². The predicted molar refractivity (Wildman–Crippen MR) is 105 cm³/mol. The second kappa shape index (κ2) is 7.55. The summed E-state index contributed by atoms with van der Waals surface area (Å²) in [5, 5.41) is 23.0. The lowest BCUT2D eigenvalue weighted by molar-refractivity contribution is -0.384. The van der Waals surface area contributed by atoms with Crippen molar-refractivity contribution in [2.24, 2.45) is 0 Å². The first-order valence-electron chi connectivity index (χ1n) is 8.22. The molecule has 3 N–H and O–H groups in total. The molecule has 8 nitrogen and oxygen atoms in total. The summed E-state index contributed by atoms with van der Waals surface area (Å²) in [5.74, 6) is -0.113. The average Bonchev–Trinajstić information content (AvgIpc) is 2.67. The monoisotopic (exact) mass is 373 g/mol. The van der Waals surface area contributed by atoms with Gasteiger partial charge in [0, 0.05) is 35.9 Å². The first-order chi connectivity index (χ1) is 13.4. The molecule has 1 heterocycles. The first-order valence-corrected chi connectivity index (χ1v) is 8.22. The maximum atomic E-state index is 11.2. The summed E-state index contributed by atoms with van der Waals surface area (Å²) < 4.78 is 0. The molecule has 1 amide bonds. The van der Waals surface area contributed by atoms with Crippen molar-refractivity contribution >= 4 is 23.1 Å². The number of carbonyl (C=O) groups excluding carboxylic acids is 1. The Hall–Kier alpha value is -4.25. The third-order valence-electron chi connectivity index (χ3n) is 4.05. The number of carbonyl (C=O) groups is 1. The maximum absolute atomic E-state index is 11.2. The molecule has 0 bridgehead atoms. The topological polar surface area (TPSA) is 135 Å². The molecule has 28 heavy (non-hydrogen) atoms. The van der Waals surface area contributed by atoms with E-state index in [1.165, 1.54) is 19.1 Å². The Morgan fingerprint density at radius 3 is 2.29 bits per heavy atom. The van der Waals surface area contributed by atoms with Crippen molar-refractivity contribution in [2.75, 3.05) is 11.1 Å². The molecule has 8 heteroatoms. The Morgan fingerprint density at radius 2 is 1.75 bits per heavy atom. The maximum Gasteiger partial charge on any atom is 0.269 e. The van der Waals surface area contributed by atoms with Crippen LogP contribution in [-0.4, -0.2) is 15.8 Å². The molecule has 0 fully saturated rings. The fourth-order valence-electron chi connectivity index (χ4n) is 2.75. The molecule has 0 aliphatic heterocycles. The minimum Gasteiger partial charge on any atom is -0.383 e. The van der Waals surface area contributed by atoms with E-state index >= 15 is 0 Å². The Balaban J connectivity index is 2.07. The average molecular weight is 373 g/mol. The van der Waals surface area contributed by atoms with E-state index in [0.29, 0.717) is 22.5 Å². The third-order valence-corrected chi connectivity index (χ3v) is 4.05. The SMILES string of the molecule is CC(=O)Nc1ccc(-c2cc(-c3ccc([N+](=O)[O-])cc3)nc(N)c2C#N)cc1. The molecule has 0 atom stereocenters. The lowest BCUT2D eigenvalue weighted by Crippen LogP contribution is -2.05. The number of nitro benzene ring substituents is 1. The second-order valence-corrected chi connectivity index (χ2v) is 5.99. The molecule has 0 spiro atoms. The molecular formula is C20H15N5O3. The van der Waals surface area contributed by atoms with Crippen molar-refractivity contribution in [2.45, 2.75) is 6.92 Å². The van der Waals surface area contributed by atoms with E-state index in [1.807, 2.05) is 0 Å². The number of nitrogen functional groups attached to an aromatic ring is 1. The number of aromatic nitrogens is 1. The molecule has 0 saturated carbocycles. The molecule has 0 aliphatic carbocycles. The zero-order chi connectivity index (χ0) is 20.3. The van der Waals surface area contributed by atoms with Gasteiger partial charge in [0.25, 0.3) is 5.69 Å². The highest BCUT2D eigenvalue weighted by atomic mass is 16.6. The van der Waals surface area contributed by atoms with Crippen LogP contribution in [0.25, 0.3) is 22.4 Å². The van der Waals surface area contributed by atoms with Gasteiger partial charge in [0.05, 0.1) is 10.6 Å². The highest BCUT2D eigenvalue weighted by Crippen LogP contribution is 2.32. The largest absolute Gasteiger partial charge is 0.383 e. The van der Waals surface area contributed by atoms with Crippen LogP contribution in [0, 0.1) is 21.4 Å². The van der Waals surface area contributed by atoms with Crippen LogP contribution in [0.15, 0.2) is 54.6 Å². The Kier molecular flexibility index (Phi) is 5.00. The van der Waals surface area contributed by atoms with Crippen LogP contribution in [-0.2, 0) is 4.79 Å². The van der Waals surface area contributed by atoms with Gasteiger partial charge in [0.1, 0.15) is 17.5 Å². The summed E-state index contributed by atoms with van der Waals surface area (Å²) in [6, 6.07) is 16.7. The molecule has 138 valence electrons. The van der Waals surface area contributed by atoms with Gasteiger partial charge in [-0.15, -0.1) is 0 Å². The Bertz CT molecular complexity index is 1100. The zero-order valence-corrected chi connectivity index (χ0v) is 14.8. The van der Waals surface area contributed by atoms with E-state index in [4.69, 9.17) is 5.73 Å². The first kappa shape index (κ1) is 18.5. The molecule has 0 saturated heterocycles.